The lowest BCUT2D eigenvalue weighted by molar-refractivity contribution is 0.122. The van der Waals surface area contributed by atoms with Crippen molar-refractivity contribution in [2.24, 2.45) is 0 Å². The van der Waals surface area contributed by atoms with Crippen molar-refractivity contribution in [1.82, 2.24) is 19.6 Å². The van der Waals surface area contributed by atoms with Gasteiger partial charge in [0.25, 0.3) is 0 Å². The summed E-state index contributed by atoms with van der Waals surface area (Å²) in [5.74, 6) is 0.853. The molecule has 2 aliphatic rings. The molecule has 9 nitrogen and oxygen atoms in total. The zero-order valence-corrected chi connectivity index (χ0v) is 23.2. The Kier molecular flexibility index (Phi) is 5.64. The van der Waals surface area contributed by atoms with E-state index in [1.165, 1.54) is 0 Å². The summed E-state index contributed by atoms with van der Waals surface area (Å²) in [6.07, 6.45) is 1.60. The van der Waals surface area contributed by atoms with Gasteiger partial charge in [-0.1, -0.05) is 52.3 Å². The number of fused-ring (bicyclic) bond motifs is 6. The molecule has 2 aliphatic heterocycles. The van der Waals surface area contributed by atoms with Crippen molar-refractivity contribution in [3.63, 3.8) is 0 Å². The van der Waals surface area contributed by atoms with Gasteiger partial charge in [-0.3, -0.25) is 0 Å². The highest BCUT2D eigenvalue weighted by Gasteiger charge is 2.37. The quantitative estimate of drug-likeness (QED) is 0.233. The maximum Gasteiger partial charge on any atom is 0.344 e. The predicted octanol–water partition coefficient (Wildman–Crippen LogP) is 5.78. The Morgan fingerprint density at radius 2 is 1.68 bits per heavy atom. The predicted molar refractivity (Wildman–Crippen MR) is 157 cm³/mol. The third kappa shape index (κ3) is 4.01. The highest BCUT2D eigenvalue weighted by Crippen LogP contribution is 2.49. The molecule has 0 amide bonds. The fourth-order valence-corrected chi connectivity index (χ4v) is 5.95. The molecular formula is C31H22BrN5O4. The first-order chi connectivity index (χ1) is 20.1. The van der Waals surface area contributed by atoms with Crippen LogP contribution in [0.2, 0.25) is 0 Å². The van der Waals surface area contributed by atoms with Crippen LogP contribution < -0.4 is 15.3 Å². The van der Waals surface area contributed by atoms with Gasteiger partial charge in [0.15, 0.2) is 17.2 Å². The molecule has 0 spiro atoms. The van der Waals surface area contributed by atoms with Crippen molar-refractivity contribution in [2.75, 3.05) is 31.2 Å². The Labute approximate surface area is 242 Å². The second kappa shape index (κ2) is 9.53. The van der Waals surface area contributed by atoms with Gasteiger partial charge >= 0.3 is 5.63 Å². The molecule has 1 saturated heterocycles. The van der Waals surface area contributed by atoms with E-state index in [1.807, 2.05) is 42.5 Å². The van der Waals surface area contributed by atoms with Crippen LogP contribution in [-0.4, -0.2) is 45.9 Å². The second-order valence-electron chi connectivity index (χ2n) is 10.0. The summed E-state index contributed by atoms with van der Waals surface area (Å²) in [6, 6.07) is 23.5. The number of anilines is 1. The summed E-state index contributed by atoms with van der Waals surface area (Å²) in [4.78, 5) is 25.5. The van der Waals surface area contributed by atoms with Crippen molar-refractivity contribution in [2.45, 2.75) is 5.92 Å². The number of aromatic nitrogens is 4. The molecule has 10 heteroatoms. The van der Waals surface area contributed by atoms with E-state index in [-0.39, 0.29) is 0 Å². The summed E-state index contributed by atoms with van der Waals surface area (Å²) < 4.78 is 20.3. The van der Waals surface area contributed by atoms with Gasteiger partial charge in [0, 0.05) is 28.8 Å². The minimum atomic E-state index is -0.536. The van der Waals surface area contributed by atoms with Crippen LogP contribution >= 0.6 is 15.9 Å². The van der Waals surface area contributed by atoms with E-state index in [2.05, 4.69) is 50.1 Å². The maximum atomic E-state index is 13.6. The number of ether oxygens (including phenoxy) is 2. The first-order valence-electron chi connectivity index (χ1n) is 13.3. The standard InChI is InChI=1S/C31H22BrN5O4/c32-20-9-5-19(6-10-20)28-34-29-26-24(18-7-11-21(12-8-18)36-13-15-39-16-14-36)25-27(41-30(26)33-17-37(29)35-28)22-3-1-2-4-23(22)40-31(25)38/h1-12,17,24H,13-16H2. The Morgan fingerprint density at radius 3 is 2.49 bits per heavy atom. The third-order valence-corrected chi connectivity index (χ3v) is 8.20. The Balaban J connectivity index is 1.35. The largest absolute Gasteiger partial charge is 0.437 e. The summed E-state index contributed by atoms with van der Waals surface area (Å²) in [7, 11) is 0. The summed E-state index contributed by atoms with van der Waals surface area (Å²) >= 11 is 3.49. The van der Waals surface area contributed by atoms with Crippen molar-refractivity contribution in [1.29, 1.82) is 0 Å². The Bertz CT molecular complexity index is 2000. The van der Waals surface area contributed by atoms with Crippen LogP contribution in [0.4, 0.5) is 5.69 Å². The van der Waals surface area contributed by atoms with E-state index in [4.69, 9.17) is 24.0 Å². The van der Waals surface area contributed by atoms with Gasteiger partial charge in [-0.25, -0.2) is 19.3 Å². The van der Waals surface area contributed by atoms with Gasteiger partial charge in [0.2, 0.25) is 5.88 Å². The topological polar surface area (TPSA) is 95.0 Å². The summed E-state index contributed by atoms with van der Waals surface area (Å²) in [5, 5.41) is 5.41. The number of hydrogen-bond acceptors (Lipinski definition) is 8. The van der Waals surface area contributed by atoms with Crippen molar-refractivity contribution < 1.29 is 13.9 Å². The van der Waals surface area contributed by atoms with Crippen LogP contribution in [0.3, 0.4) is 0 Å². The molecule has 1 atom stereocenters. The van der Waals surface area contributed by atoms with Crippen LogP contribution in [0.1, 0.15) is 22.6 Å². The molecule has 1 unspecified atom stereocenters. The van der Waals surface area contributed by atoms with Crippen LogP contribution in [0.5, 0.6) is 11.6 Å². The van der Waals surface area contributed by atoms with Gasteiger partial charge < -0.3 is 18.8 Å². The first-order valence-corrected chi connectivity index (χ1v) is 14.1. The van der Waals surface area contributed by atoms with E-state index < -0.39 is 11.5 Å². The molecule has 0 saturated carbocycles. The second-order valence-corrected chi connectivity index (χ2v) is 10.9. The minimum absolute atomic E-state index is 0.387. The molecule has 202 valence electrons. The number of benzene rings is 3. The summed E-state index contributed by atoms with van der Waals surface area (Å²) in [6.45, 7) is 3.07. The molecular weight excluding hydrogens is 586 g/mol. The zero-order chi connectivity index (χ0) is 27.5. The molecule has 3 aromatic carbocycles. The third-order valence-electron chi connectivity index (χ3n) is 7.67. The SMILES string of the molecule is O=c1oc2ccccc2c2c1C(c1ccc(N3CCOCC3)cc1)c1c(ncn3nc(-c4ccc(Br)cc4)nc13)O2. The number of halogens is 1. The maximum absolute atomic E-state index is 13.6. The average Bonchev–Trinajstić information content (AvgIpc) is 3.46. The van der Waals surface area contributed by atoms with E-state index >= 15 is 0 Å². The monoisotopic (exact) mass is 607 g/mol. The lowest BCUT2D eigenvalue weighted by atomic mass is 9.84. The van der Waals surface area contributed by atoms with E-state index in [0.29, 0.717) is 58.4 Å². The number of hydrogen-bond donors (Lipinski definition) is 0. The van der Waals surface area contributed by atoms with Gasteiger partial charge in [-0.15, -0.1) is 5.10 Å². The highest BCUT2D eigenvalue weighted by atomic mass is 79.9. The fourth-order valence-electron chi connectivity index (χ4n) is 5.68. The average molecular weight is 608 g/mol. The van der Waals surface area contributed by atoms with Crippen LogP contribution in [0.25, 0.3) is 28.0 Å². The van der Waals surface area contributed by atoms with Crippen molar-refractivity contribution in [3.05, 3.63) is 111 Å². The number of nitrogens with zero attached hydrogens (tertiary/aromatic N) is 5. The van der Waals surface area contributed by atoms with E-state index in [9.17, 15) is 4.79 Å². The molecule has 6 aromatic rings. The molecule has 0 N–H and O–H groups in total. The molecule has 3 aromatic heterocycles. The van der Waals surface area contributed by atoms with E-state index in [1.54, 1.807) is 16.9 Å². The van der Waals surface area contributed by atoms with Gasteiger partial charge in [-0.05, 0) is 42.0 Å². The fraction of sp³-hybridized carbons (Fsp3) is 0.161. The molecule has 5 heterocycles. The van der Waals surface area contributed by atoms with Crippen LogP contribution in [0, 0.1) is 0 Å². The number of rotatable bonds is 3. The highest BCUT2D eigenvalue weighted by molar-refractivity contribution is 9.10. The zero-order valence-electron chi connectivity index (χ0n) is 21.7. The minimum Gasteiger partial charge on any atom is -0.437 e. The first kappa shape index (κ1) is 24.3. The van der Waals surface area contributed by atoms with Crippen molar-refractivity contribution >= 4 is 38.2 Å². The molecule has 8 rings (SSSR count). The molecule has 1 fully saturated rings. The van der Waals surface area contributed by atoms with Gasteiger partial charge in [0.05, 0.1) is 35.6 Å². The molecule has 0 aliphatic carbocycles. The van der Waals surface area contributed by atoms with Gasteiger partial charge in [-0.2, -0.15) is 0 Å². The molecule has 0 radical (unpaired) electrons. The van der Waals surface area contributed by atoms with Gasteiger partial charge in [0.1, 0.15) is 11.9 Å². The smallest absolute Gasteiger partial charge is 0.344 e. The molecule has 41 heavy (non-hydrogen) atoms. The lowest BCUT2D eigenvalue weighted by Gasteiger charge is -2.30. The number of morpholine rings is 1. The summed E-state index contributed by atoms with van der Waals surface area (Å²) in [5.41, 5.74) is 4.51. The van der Waals surface area contributed by atoms with Crippen LogP contribution in [0.15, 0.2) is 92.8 Å². The van der Waals surface area contributed by atoms with Crippen molar-refractivity contribution in [3.8, 4) is 23.0 Å². The number of para-hydroxylation sites is 1. The lowest BCUT2D eigenvalue weighted by Crippen LogP contribution is -2.36. The van der Waals surface area contributed by atoms with Crippen LogP contribution in [-0.2, 0) is 4.74 Å². The Hall–Kier alpha value is -4.54. The normalized spacial score (nSPS) is 16.4. The van der Waals surface area contributed by atoms with E-state index in [0.717, 1.165) is 34.4 Å². The molecule has 0 bridgehead atoms. The Morgan fingerprint density at radius 1 is 0.902 bits per heavy atom.